The van der Waals surface area contributed by atoms with Gasteiger partial charge in [-0.1, -0.05) is 0 Å². The van der Waals surface area contributed by atoms with Crippen LogP contribution in [0.2, 0.25) is 0 Å². The van der Waals surface area contributed by atoms with Crippen LogP contribution in [0.4, 0.5) is 0 Å². The average molecular weight is 350 g/mol. The SMILES string of the molecule is CN1CCOC(Cn2cc(I)cc2C(=O)O)C1. The fraction of sp³-hybridized carbons (Fsp3) is 0.545. The number of ether oxygens (including phenoxy) is 1. The number of nitrogens with zero attached hydrogens (tertiary/aromatic N) is 2. The molecule has 1 aromatic rings. The summed E-state index contributed by atoms with van der Waals surface area (Å²) >= 11 is 2.12. The van der Waals surface area contributed by atoms with Gasteiger partial charge in [0.05, 0.1) is 19.3 Å². The van der Waals surface area contributed by atoms with Crippen LogP contribution in [-0.4, -0.2) is 53.4 Å². The van der Waals surface area contributed by atoms with E-state index in [9.17, 15) is 4.79 Å². The third-order valence-corrected chi connectivity index (χ3v) is 3.41. The standard InChI is InChI=1S/C11H15IN2O3/c1-13-2-3-17-9(6-13)7-14-5-8(12)4-10(14)11(15)16/h4-5,9H,2-3,6-7H2,1H3,(H,15,16). The molecule has 1 N–H and O–H groups in total. The minimum absolute atomic E-state index is 0.0649. The van der Waals surface area contributed by atoms with Gasteiger partial charge in [-0.2, -0.15) is 0 Å². The van der Waals surface area contributed by atoms with E-state index in [1.54, 1.807) is 10.6 Å². The Labute approximate surface area is 113 Å². The smallest absolute Gasteiger partial charge is 0.352 e. The first-order valence-electron chi connectivity index (χ1n) is 5.45. The predicted molar refractivity (Wildman–Crippen MR) is 71.3 cm³/mol. The number of carboxylic acid groups (broad SMARTS) is 1. The van der Waals surface area contributed by atoms with Crippen LogP contribution in [0, 0.1) is 3.57 Å². The first-order chi connectivity index (χ1) is 8.06. The highest BCUT2D eigenvalue weighted by Gasteiger charge is 2.20. The van der Waals surface area contributed by atoms with Crippen molar-refractivity contribution in [1.82, 2.24) is 9.47 Å². The van der Waals surface area contributed by atoms with Crippen LogP contribution in [0.25, 0.3) is 0 Å². The number of likely N-dealkylation sites (N-methyl/N-ethyl adjacent to an activating group) is 1. The van der Waals surface area contributed by atoms with E-state index < -0.39 is 5.97 Å². The molecule has 2 rings (SSSR count). The van der Waals surface area contributed by atoms with E-state index in [-0.39, 0.29) is 6.10 Å². The van der Waals surface area contributed by atoms with Gasteiger partial charge in [-0.05, 0) is 35.7 Å². The van der Waals surface area contributed by atoms with E-state index in [4.69, 9.17) is 9.84 Å². The Morgan fingerprint density at radius 1 is 1.71 bits per heavy atom. The monoisotopic (exact) mass is 350 g/mol. The Kier molecular flexibility index (Phi) is 4.05. The summed E-state index contributed by atoms with van der Waals surface area (Å²) in [6.07, 6.45) is 1.91. The Bertz CT molecular complexity index is 419. The predicted octanol–water partition coefficient (Wildman–Crippen LogP) is 1.12. The van der Waals surface area contributed by atoms with Gasteiger partial charge in [0.15, 0.2) is 0 Å². The van der Waals surface area contributed by atoms with Crippen LogP contribution < -0.4 is 0 Å². The second-order valence-corrected chi connectivity index (χ2v) is 5.50. The summed E-state index contributed by atoms with van der Waals surface area (Å²) in [5.41, 5.74) is 0.325. The molecule has 1 fully saturated rings. The van der Waals surface area contributed by atoms with Gasteiger partial charge in [-0.3, -0.25) is 0 Å². The summed E-state index contributed by atoms with van der Waals surface area (Å²) in [5, 5.41) is 9.09. The molecule has 0 radical (unpaired) electrons. The zero-order valence-corrected chi connectivity index (χ0v) is 11.8. The normalized spacial score (nSPS) is 21.6. The molecular weight excluding hydrogens is 335 g/mol. The molecule has 1 saturated heterocycles. The number of morpholine rings is 1. The zero-order valence-electron chi connectivity index (χ0n) is 9.60. The molecule has 0 saturated carbocycles. The Hall–Kier alpha value is -0.600. The summed E-state index contributed by atoms with van der Waals surface area (Å²) in [6, 6.07) is 1.68. The Morgan fingerprint density at radius 2 is 2.47 bits per heavy atom. The minimum atomic E-state index is -0.892. The lowest BCUT2D eigenvalue weighted by atomic mass is 10.2. The van der Waals surface area contributed by atoms with Crippen LogP contribution in [0.3, 0.4) is 0 Å². The maximum absolute atomic E-state index is 11.1. The van der Waals surface area contributed by atoms with Gasteiger partial charge in [0.2, 0.25) is 0 Å². The molecule has 1 atom stereocenters. The number of carboxylic acids is 1. The summed E-state index contributed by atoms with van der Waals surface area (Å²) < 4.78 is 8.33. The molecule has 94 valence electrons. The third kappa shape index (κ3) is 3.20. The molecule has 0 amide bonds. The van der Waals surface area contributed by atoms with Crippen molar-refractivity contribution in [2.75, 3.05) is 26.7 Å². The number of aromatic nitrogens is 1. The molecule has 5 nitrogen and oxygen atoms in total. The first-order valence-corrected chi connectivity index (χ1v) is 6.53. The number of carbonyl (C=O) groups is 1. The van der Waals surface area contributed by atoms with E-state index in [0.717, 1.165) is 16.7 Å². The van der Waals surface area contributed by atoms with Gasteiger partial charge in [0.25, 0.3) is 0 Å². The van der Waals surface area contributed by atoms with Gasteiger partial charge in [0, 0.05) is 22.9 Å². The van der Waals surface area contributed by atoms with Gasteiger partial charge in [-0.15, -0.1) is 0 Å². The van der Waals surface area contributed by atoms with Crippen molar-refractivity contribution >= 4 is 28.6 Å². The topological polar surface area (TPSA) is 54.7 Å². The van der Waals surface area contributed by atoms with E-state index in [1.165, 1.54) is 0 Å². The fourth-order valence-electron chi connectivity index (χ4n) is 2.00. The lowest BCUT2D eigenvalue weighted by Crippen LogP contribution is -2.42. The number of hydrogen-bond acceptors (Lipinski definition) is 3. The van der Waals surface area contributed by atoms with Gasteiger partial charge in [-0.25, -0.2) is 4.79 Å². The molecule has 1 unspecified atom stereocenters. The lowest BCUT2D eigenvalue weighted by molar-refractivity contribution is -0.0277. The second kappa shape index (κ2) is 5.36. The van der Waals surface area contributed by atoms with Gasteiger partial charge < -0.3 is 19.3 Å². The quantitative estimate of drug-likeness (QED) is 0.831. The van der Waals surface area contributed by atoms with Crippen molar-refractivity contribution in [3.8, 4) is 0 Å². The number of halogens is 1. The first kappa shape index (κ1) is 12.8. The highest BCUT2D eigenvalue weighted by Crippen LogP contribution is 2.14. The Morgan fingerprint density at radius 3 is 3.12 bits per heavy atom. The van der Waals surface area contributed by atoms with Crippen molar-refractivity contribution in [2.24, 2.45) is 0 Å². The van der Waals surface area contributed by atoms with Crippen molar-refractivity contribution < 1.29 is 14.6 Å². The molecule has 0 spiro atoms. The fourth-order valence-corrected chi connectivity index (χ4v) is 2.63. The summed E-state index contributed by atoms with van der Waals surface area (Å²) in [5.74, 6) is -0.892. The summed E-state index contributed by atoms with van der Waals surface area (Å²) in [6.45, 7) is 3.08. The highest BCUT2D eigenvalue weighted by molar-refractivity contribution is 14.1. The average Bonchev–Trinajstić information content (AvgIpc) is 2.59. The maximum atomic E-state index is 11.1. The molecule has 2 heterocycles. The summed E-state index contributed by atoms with van der Waals surface area (Å²) in [4.78, 5) is 13.3. The highest BCUT2D eigenvalue weighted by atomic mass is 127. The van der Waals surface area contributed by atoms with Crippen molar-refractivity contribution in [1.29, 1.82) is 0 Å². The van der Waals surface area contributed by atoms with Crippen LogP contribution in [0.1, 0.15) is 10.5 Å². The molecule has 17 heavy (non-hydrogen) atoms. The second-order valence-electron chi connectivity index (χ2n) is 4.26. The molecule has 0 aromatic carbocycles. The molecule has 1 aliphatic rings. The molecule has 0 aliphatic carbocycles. The number of rotatable bonds is 3. The van der Waals surface area contributed by atoms with Crippen molar-refractivity contribution in [3.63, 3.8) is 0 Å². The summed E-state index contributed by atoms with van der Waals surface area (Å²) in [7, 11) is 2.05. The molecule has 1 aliphatic heterocycles. The van der Waals surface area contributed by atoms with Crippen LogP contribution >= 0.6 is 22.6 Å². The molecular formula is C11H15IN2O3. The van der Waals surface area contributed by atoms with Crippen LogP contribution in [0.15, 0.2) is 12.3 Å². The van der Waals surface area contributed by atoms with Crippen molar-refractivity contribution in [3.05, 3.63) is 21.5 Å². The molecule has 1 aromatic heterocycles. The molecule has 6 heteroatoms. The maximum Gasteiger partial charge on any atom is 0.352 e. The van der Waals surface area contributed by atoms with Gasteiger partial charge >= 0.3 is 5.97 Å². The van der Waals surface area contributed by atoms with Gasteiger partial charge in [0.1, 0.15) is 5.69 Å². The van der Waals surface area contributed by atoms with E-state index >= 15 is 0 Å². The van der Waals surface area contributed by atoms with Crippen LogP contribution in [0.5, 0.6) is 0 Å². The Balaban J connectivity index is 2.09. The van der Waals surface area contributed by atoms with E-state index in [2.05, 4.69) is 27.5 Å². The van der Waals surface area contributed by atoms with E-state index in [0.29, 0.717) is 18.8 Å². The lowest BCUT2D eigenvalue weighted by Gasteiger charge is -2.30. The third-order valence-electron chi connectivity index (χ3n) is 2.82. The zero-order chi connectivity index (χ0) is 12.4. The molecule has 0 bridgehead atoms. The number of aromatic carboxylic acids is 1. The van der Waals surface area contributed by atoms with Crippen molar-refractivity contribution in [2.45, 2.75) is 12.6 Å². The minimum Gasteiger partial charge on any atom is -0.477 e. The number of hydrogen-bond donors (Lipinski definition) is 1. The van der Waals surface area contributed by atoms with E-state index in [1.807, 2.05) is 13.2 Å². The largest absolute Gasteiger partial charge is 0.477 e. The van der Waals surface area contributed by atoms with Crippen LogP contribution in [-0.2, 0) is 11.3 Å².